The van der Waals surface area contributed by atoms with Gasteiger partial charge in [0.2, 0.25) is 0 Å². The largest absolute Gasteiger partial charge is 0.463 e. The van der Waals surface area contributed by atoms with Gasteiger partial charge in [-0.25, -0.2) is 4.68 Å². The summed E-state index contributed by atoms with van der Waals surface area (Å²) in [4.78, 5) is 15.5. The molecule has 1 amide bonds. The van der Waals surface area contributed by atoms with Crippen molar-refractivity contribution >= 4 is 17.5 Å². The van der Waals surface area contributed by atoms with Gasteiger partial charge in [-0.3, -0.25) is 4.79 Å². The maximum absolute atomic E-state index is 13.1. The summed E-state index contributed by atoms with van der Waals surface area (Å²) in [6.45, 7) is 9.51. The molecule has 2 heterocycles. The summed E-state index contributed by atoms with van der Waals surface area (Å²) in [5, 5.41) is 8.29. The molecule has 2 aromatic heterocycles. The molecule has 3 rings (SSSR count). The molecule has 30 heavy (non-hydrogen) atoms. The first kappa shape index (κ1) is 22.1. The summed E-state index contributed by atoms with van der Waals surface area (Å²) < 4.78 is 7.08. The Balaban J connectivity index is 1.77. The second-order valence-electron chi connectivity index (χ2n) is 7.33. The average Bonchev–Trinajstić information content (AvgIpc) is 3.41. The third-order valence-corrected chi connectivity index (χ3v) is 5.39. The van der Waals surface area contributed by atoms with Crippen molar-refractivity contribution in [1.29, 1.82) is 0 Å². The Labute approximate surface area is 182 Å². The summed E-state index contributed by atoms with van der Waals surface area (Å²) in [6, 6.07) is 12.7. The van der Waals surface area contributed by atoms with Crippen LogP contribution in [-0.2, 0) is 0 Å². The molecule has 1 atom stereocenters. The third-order valence-electron chi connectivity index (χ3n) is 5.15. The van der Waals surface area contributed by atoms with Crippen LogP contribution in [0.4, 0.5) is 0 Å². The molecule has 160 valence electrons. The van der Waals surface area contributed by atoms with Crippen LogP contribution in [0.15, 0.2) is 53.1 Å². The van der Waals surface area contributed by atoms with E-state index in [-0.39, 0.29) is 11.9 Å². The number of aromatic nitrogens is 2. The molecular weight excluding hydrogens is 400 g/mol. The van der Waals surface area contributed by atoms with Gasteiger partial charge in [-0.05, 0) is 69.7 Å². The second-order valence-corrected chi connectivity index (χ2v) is 7.76. The van der Waals surface area contributed by atoms with Gasteiger partial charge in [0, 0.05) is 17.1 Å². The number of hydrogen-bond acceptors (Lipinski definition) is 4. The molecule has 0 fully saturated rings. The molecule has 7 heteroatoms. The van der Waals surface area contributed by atoms with Gasteiger partial charge in [-0.15, -0.1) is 0 Å². The van der Waals surface area contributed by atoms with E-state index in [2.05, 4.69) is 29.2 Å². The van der Waals surface area contributed by atoms with Crippen LogP contribution in [-0.4, -0.2) is 46.3 Å². The normalized spacial score (nSPS) is 12.3. The van der Waals surface area contributed by atoms with Crippen LogP contribution in [0.25, 0.3) is 17.1 Å². The fourth-order valence-corrected chi connectivity index (χ4v) is 3.61. The van der Waals surface area contributed by atoms with Crippen molar-refractivity contribution in [3.05, 3.63) is 59.4 Å². The zero-order valence-electron chi connectivity index (χ0n) is 17.8. The summed E-state index contributed by atoms with van der Waals surface area (Å²) in [5.74, 6) is 0.438. The highest BCUT2D eigenvalue weighted by Gasteiger charge is 2.20. The summed E-state index contributed by atoms with van der Waals surface area (Å²) in [6.07, 6.45) is 3.54. The van der Waals surface area contributed by atoms with Crippen molar-refractivity contribution in [2.45, 2.75) is 39.7 Å². The molecule has 1 aromatic carbocycles. The lowest BCUT2D eigenvalue weighted by atomic mass is 10.1. The van der Waals surface area contributed by atoms with Gasteiger partial charge in [0.05, 0.1) is 12.0 Å². The van der Waals surface area contributed by atoms with E-state index in [9.17, 15) is 4.79 Å². The topological polar surface area (TPSA) is 63.3 Å². The average molecular weight is 429 g/mol. The van der Waals surface area contributed by atoms with E-state index in [1.165, 1.54) is 0 Å². The van der Waals surface area contributed by atoms with Crippen LogP contribution < -0.4 is 5.32 Å². The Kier molecular flexibility index (Phi) is 7.71. The van der Waals surface area contributed by atoms with Gasteiger partial charge in [-0.1, -0.05) is 31.5 Å². The van der Waals surface area contributed by atoms with Gasteiger partial charge in [0.25, 0.3) is 5.91 Å². The SMILES string of the molecule is CCN(CC)CCC[C@@H](C)NC(=O)c1cc(-c2ccco2)nn1-c1cccc(Cl)c1. The lowest BCUT2D eigenvalue weighted by Gasteiger charge is -2.20. The molecule has 0 saturated carbocycles. The Morgan fingerprint density at radius 3 is 2.70 bits per heavy atom. The minimum atomic E-state index is -0.171. The number of amides is 1. The number of rotatable bonds is 10. The smallest absolute Gasteiger partial charge is 0.270 e. The maximum Gasteiger partial charge on any atom is 0.270 e. The van der Waals surface area contributed by atoms with Gasteiger partial charge in [0.1, 0.15) is 11.4 Å². The van der Waals surface area contributed by atoms with E-state index >= 15 is 0 Å². The summed E-state index contributed by atoms with van der Waals surface area (Å²) in [7, 11) is 0. The number of furan rings is 1. The van der Waals surface area contributed by atoms with Crippen molar-refractivity contribution in [3.8, 4) is 17.1 Å². The predicted molar refractivity (Wildman–Crippen MR) is 120 cm³/mol. The Morgan fingerprint density at radius 2 is 2.03 bits per heavy atom. The molecule has 0 aliphatic carbocycles. The molecule has 0 radical (unpaired) electrons. The minimum absolute atomic E-state index is 0.0582. The molecule has 0 spiro atoms. The number of carbonyl (C=O) groups is 1. The molecule has 0 aliphatic rings. The van der Waals surface area contributed by atoms with E-state index in [0.717, 1.165) is 38.2 Å². The monoisotopic (exact) mass is 428 g/mol. The lowest BCUT2D eigenvalue weighted by Crippen LogP contribution is -2.34. The second kappa shape index (κ2) is 10.5. The number of benzene rings is 1. The first-order chi connectivity index (χ1) is 14.5. The molecule has 3 aromatic rings. The van der Waals surface area contributed by atoms with Crippen molar-refractivity contribution in [2.75, 3.05) is 19.6 Å². The number of nitrogens with one attached hydrogen (secondary N) is 1. The molecule has 0 saturated heterocycles. The predicted octanol–water partition coefficient (Wildman–Crippen LogP) is 5.03. The Hall–Kier alpha value is -2.57. The number of carbonyl (C=O) groups excluding carboxylic acids is 1. The third kappa shape index (κ3) is 5.52. The van der Waals surface area contributed by atoms with Crippen molar-refractivity contribution in [2.24, 2.45) is 0 Å². The van der Waals surface area contributed by atoms with Crippen LogP contribution in [0.1, 0.15) is 44.1 Å². The first-order valence-corrected chi connectivity index (χ1v) is 10.8. The highest BCUT2D eigenvalue weighted by Crippen LogP contribution is 2.23. The Bertz CT molecular complexity index is 948. The van der Waals surface area contributed by atoms with Crippen LogP contribution in [0, 0.1) is 0 Å². The van der Waals surface area contributed by atoms with Crippen molar-refractivity contribution in [1.82, 2.24) is 20.0 Å². The lowest BCUT2D eigenvalue weighted by molar-refractivity contribution is 0.0929. The summed E-state index contributed by atoms with van der Waals surface area (Å²) >= 11 is 6.16. The maximum atomic E-state index is 13.1. The standard InChI is InChI=1S/C23H29ClN4O2/c1-4-27(5-2)13-7-9-17(3)25-23(29)21-16-20(22-12-8-14-30-22)26-28(21)19-11-6-10-18(24)15-19/h6,8,10-12,14-17H,4-5,7,9,13H2,1-3H3,(H,25,29)/t17-/m1/s1. The minimum Gasteiger partial charge on any atom is -0.463 e. The summed E-state index contributed by atoms with van der Waals surface area (Å²) in [5.41, 5.74) is 1.76. The molecular formula is C23H29ClN4O2. The van der Waals surface area contributed by atoms with Gasteiger partial charge in [-0.2, -0.15) is 5.10 Å². The molecule has 0 unspecified atom stereocenters. The van der Waals surface area contributed by atoms with E-state index in [1.54, 1.807) is 35.2 Å². The van der Waals surface area contributed by atoms with Crippen LogP contribution in [0.3, 0.4) is 0 Å². The molecule has 0 bridgehead atoms. The van der Waals surface area contributed by atoms with Crippen LogP contribution >= 0.6 is 11.6 Å². The zero-order valence-corrected chi connectivity index (χ0v) is 18.5. The zero-order chi connectivity index (χ0) is 21.5. The van der Waals surface area contributed by atoms with Crippen molar-refractivity contribution < 1.29 is 9.21 Å². The van der Waals surface area contributed by atoms with Gasteiger partial charge in [0.15, 0.2) is 5.76 Å². The molecule has 1 N–H and O–H groups in total. The fourth-order valence-electron chi connectivity index (χ4n) is 3.42. The van der Waals surface area contributed by atoms with Crippen molar-refractivity contribution in [3.63, 3.8) is 0 Å². The van der Waals surface area contributed by atoms with E-state index in [4.69, 9.17) is 16.0 Å². The molecule has 0 aliphatic heterocycles. The quantitative estimate of drug-likeness (QED) is 0.492. The van der Waals surface area contributed by atoms with Crippen LogP contribution in [0.2, 0.25) is 5.02 Å². The van der Waals surface area contributed by atoms with E-state index < -0.39 is 0 Å². The first-order valence-electron chi connectivity index (χ1n) is 10.4. The number of hydrogen-bond donors (Lipinski definition) is 1. The van der Waals surface area contributed by atoms with Gasteiger partial charge >= 0.3 is 0 Å². The Morgan fingerprint density at radius 1 is 1.23 bits per heavy atom. The molecule has 6 nitrogen and oxygen atoms in total. The number of halogens is 1. The van der Waals surface area contributed by atoms with Gasteiger partial charge < -0.3 is 14.6 Å². The number of nitrogens with zero attached hydrogens (tertiary/aromatic N) is 3. The van der Waals surface area contributed by atoms with E-state index in [0.29, 0.717) is 22.2 Å². The van der Waals surface area contributed by atoms with Crippen LogP contribution in [0.5, 0.6) is 0 Å². The van der Waals surface area contributed by atoms with E-state index in [1.807, 2.05) is 25.1 Å². The highest BCUT2D eigenvalue weighted by molar-refractivity contribution is 6.30. The highest BCUT2D eigenvalue weighted by atomic mass is 35.5. The fraction of sp³-hybridized carbons (Fsp3) is 0.391.